The van der Waals surface area contributed by atoms with Crippen LogP contribution in [0.25, 0.3) is 10.2 Å². The van der Waals surface area contributed by atoms with E-state index in [9.17, 15) is 9.59 Å². The Bertz CT molecular complexity index is 1180. The van der Waals surface area contributed by atoms with Crippen LogP contribution in [0.3, 0.4) is 0 Å². The number of hydrogen-bond acceptors (Lipinski definition) is 6. The van der Waals surface area contributed by atoms with E-state index < -0.39 is 0 Å². The van der Waals surface area contributed by atoms with Gasteiger partial charge in [-0.2, -0.15) is 0 Å². The molecular weight excluding hydrogens is 442 g/mol. The van der Waals surface area contributed by atoms with Crippen molar-refractivity contribution >= 4 is 39.2 Å². The van der Waals surface area contributed by atoms with Crippen LogP contribution in [0.2, 0.25) is 0 Å². The van der Waals surface area contributed by atoms with Gasteiger partial charge in [-0.05, 0) is 44.7 Å². The summed E-state index contributed by atoms with van der Waals surface area (Å²) in [7, 11) is 1.73. The fourth-order valence-electron chi connectivity index (χ4n) is 3.93. The van der Waals surface area contributed by atoms with Crippen molar-refractivity contribution in [2.45, 2.75) is 63.4 Å². The van der Waals surface area contributed by atoms with E-state index in [4.69, 9.17) is 9.72 Å². The number of benzene rings is 1. The summed E-state index contributed by atoms with van der Waals surface area (Å²) in [4.78, 5) is 32.1. The van der Waals surface area contributed by atoms with E-state index in [0.717, 1.165) is 28.1 Å². The zero-order valence-corrected chi connectivity index (χ0v) is 20.6. The first-order chi connectivity index (χ1) is 15.2. The normalized spacial score (nSPS) is 16.0. The third-order valence-corrected chi connectivity index (χ3v) is 7.85. The van der Waals surface area contributed by atoms with E-state index in [2.05, 4.69) is 17.4 Å². The first kappa shape index (κ1) is 23.0. The van der Waals surface area contributed by atoms with Crippen molar-refractivity contribution in [2.24, 2.45) is 7.05 Å². The van der Waals surface area contributed by atoms with Gasteiger partial charge in [0, 0.05) is 24.4 Å². The summed E-state index contributed by atoms with van der Waals surface area (Å²) >= 11 is 2.83. The lowest BCUT2D eigenvalue weighted by Crippen LogP contribution is -2.34. The van der Waals surface area contributed by atoms with Gasteiger partial charge in [0.25, 0.3) is 5.56 Å². The SMILES string of the molecule is C[C@@H](CCc1ccccc1)NC(=O)CSc1nc2sc3c(c2c(=O)n1C)CC(C)(C)OC3. The molecule has 1 amide bonds. The molecule has 0 fully saturated rings. The number of thioether (sulfide) groups is 1. The molecule has 0 unspecified atom stereocenters. The Morgan fingerprint density at radius 3 is 2.84 bits per heavy atom. The van der Waals surface area contributed by atoms with Gasteiger partial charge in [-0.25, -0.2) is 4.98 Å². The van der Waals surface area contributed by atoms with E-state index in [1.165, 1.54) is 28.7 Å². The number of nitrogens with one attached hydrogen (secondary N) is 1. The Balaban J connectivity index is 1.40. The molecule has 0 aliphatic carbocycles. The topological polar surface area (TPSA) is 73.2 Å². The summed E-state index contributed by atoms with van der Waals surface area (Å²) in [5, 5.41) is 4.32. The first-order valence-electron chi connectivity index (χ1n) is 10.8. The summed E-state index contributed by atoms with van der Waals surface area (Å²) in [5.74, 6) is 0.174. The summed E-state index contributed by atoms with van der Waals surface area (Å²) in [5.41, 5.74) is 2.00. The number of carbonyl (C=O) groups excluding carboxylic acids is 1. The van der Waals surface area contributed by atoms with Gasteiger partial charge in [0.15, 0.2) is 5.16 Å². The fraction of sp³-hybridized carbons (Fsp3) is 0.458. The number of carbonyl (C=O) groups is 1. The molecule has 0 radical (unpaired) electrons. The molecule has 0 saturated carbocycles. The number of thiophene rings is 1. The molecule has 1 aliphatic rings. The van der Waals surface area contributed by atoms with Crippen molar-refractivity contribution in [1.29, 1.82) is 0 Å². The number of amides is 1. The lowest BCUT2D eigenvalue weighted by molar-refractivity contribution is -0.119. The van der Waals surface area contributed by atoms with Crippen LogP contribution >= 0.6 is 23.1 Å². The van der Waals surface area contributed by atoms with Crippen molar-refractivity contribution < 1.29 is 9.53 Å². The van der Waals surface area contributed by atoms with Gasteiger partial charge in [0.1, 0.15) is 4.83 Å². The number of nitrogens with zero attached hydrogens (tertiary/aromatic N) is 2. The molecule has 2 aromatic heterocycles. The molecule has 1 N–H and O–H groups in total. The summed E-state index contributed by atoms with van der Waals surface area (Å²) < 4.78 is 7.47. The van der Waals surface area contributed by atoms with Crippen molar-refractivity contribution in [3.63, 3.8) is 0 Å². The second-order valence-corrected chi connectivity index (χ2v) is 11.0. The standard InChI is InChI=1S/C24H29N3O3S2/c1-15(10-11-16-8-6-5-7-9-16)25-19(28)14-31-23-26-21-20(22(29)27(23)4)17-12-24(2,3)30-13-18(17)32-21/h5-9,15H,10-14H2,1-4H3,(H,25,28)/t15-/m0/s1. The molecule has 170 valence electrons. The molecule has 8 heteroatoms. The summed E-state index contributed by atoms with van der Waals surface area (Å²) in [6, 6.07) is 10.3. The van der Waals surface area contributed by atoms with Gasteiger partial charge in [0.05, 0.1) is 23.3 Å². The Morgan fingerprint density at radius 1 is 1.34 bits per heavy atom. The minimum absolute atomic E-state index is 0.0504. The molecular formula is C24H29N3O3S2. The molecule has 3 heterocycles. The average Bonchev–Trinajstić information content (AvgIpc) is 3.11. The van der Waals surface area contributed by atoms with Crippen molar-refractivity contribution in [1.82, 2.24) is 14.9 Å². The van der Waals surface area contributed by atoms with Crippen molar-refractivity contribution in [3.8, 4) is 0 Å². The fourth-order valence-corrected chi connectivity index (χ4v) is 5.86. The lowest BCUT2D eigenvalue weighted by Gasteiger charge is -2.29. The Morgan fingerprint density at radius 2 is 2.09 bits per heavy atom. The quantitative estimate of drug-likeness (QED) is 0.415. The van der Waals surface area contributed by atoms with Gasteiger partial charge in [-0.3, -0.25) is 14.2 Å². The van der Waals surface area contributed by atoms with Gasteiger partial charge in [-0.15, -0.1) is 11.3 Å². The third-order valence-electron chi connectivity index (χ3n) is 5.72. The highest BCUT2D eigenvalue weighted by Gasteiger charge is 2.31. The number of aromatic nitrogens is 2. The minimum atomic E-state index is -0.283. The zero-order valence-electron chi connectivity index (χ0n) is 18.9. The molecule has 1 aliphatic heterocycles. The number of fused-ring (bicyclic) bond motifs is 3. The molecule has 6 nitrogen and oxygen atoms in total. The predicted molar refractivity (Wildman–Crippen MR) is 131 cm³/mol. The van der Waals surface area contributed by atoms with Crippen LogP contribution in [0, 0.1) is 0 Å². The maximum Gasteiger partial charge on any atom is 0.262 e. The summed E-state index contributed by atoms with van der Waals surface area (Å²) in [6.07, 6.45) is 2.50. The Hall–Kier alpha value is -2.16. The third kappa shape index (κ3) is 5.08. The molecule has 1 atom stereocenters. The largest absolute Gasteiger partial charge is 0.370 e. The monoisotopic (exact) mass is 471 g/mol. The highest BCUT2D eigenvalue weighted by Crippen LogP contribution is 2.37. The van der Waals surface area contributed by atoms with Crippen LogP contribution in [-0.2, 0) is 36.0 Å². The van der Waals surface area contributed by atoms with E-state index in [0.29, 0.717) is 23.6 Å². The Kier molecular flexibility index (Phi) is 6.74. The number of ether oxygens (including phenoxy) is 1. The molecule has 0 spiro atoms. The molecule has 32 heavy (non-hydrogen) atoms. The number of aryl methyl sites for hydroxylation is 1. The van der Waals surface area contributed by atoms with Crippen LogP contribution in [0.4, 0.5) is 0 Å². The van der Waals surface area contributed by atoms with E-state index in [1.54, 1.807) is 11.6 Å². The molecule has 4 rings (SSSR count). The van der Waals surface area contributed by atoms with Crippen LogP contribution in [0.1, 0.15) is 43.2 Å². The maximum absolute atomic E-state index is 13.1. The van der Waals surface area contributed by atoms with Gasteiger partial charge < -0.3 is 10.1 Å². The average molecular weight is 472 g/mol. The van der Waals surface area contributed by atoms with E-state index >= 15 is 0 Å². The highest BCUT2D eigenvalue weighted by atomic mass is 32.2. The second-order valence-electron chi connectivity index (χ2n) is 8.95. The van der Waals surface area contributed by atoms with Crippen molar-refractivity contribution in [3.05, 3.63) is 56.7 Å². The molecule has 0 saturated heterocycles. The van der Waals surface area contributed by atoms with E-state index in [-0.39, 0.29) is 28.9 Å². The van der Waals surface area contributed by atoms with Crippen LogP contribution in [-0.4, -0.2) is 32.9 Å². The maximum atomic E-state index is 13.1. The summed E-state index contributed by atoms with van der Waals surface area (Å²) in [6.45, 7) is 6.62. The van der Waals surface area contributed by atoms with E-state index in [1.807, 2.05) is 39.0 Å². The lowest BCUT2D eigenvalue weighted by atomic mass is 9.94. The second kappa shape index (κ2) is 9.37. The zero-order chi connectivity index (χ0) is 22.9. The van der Waals surface area contributed by atoms with Gasteiger partial charge in [-0.1, -0.05) is 42.1 Å². The Labute approximate surface area is 196 Å². The van der Waals surface area contributed by atoms with Crippen LogP contribution < -0.4 is 10.9 Å². The van der Waals surface area contributed by atoms with Crippen LogP contribution in [0.5, 0.6) is 0 Å². The first-order valence-corrected chi connectivity index (χ1v) is 12.6. The van der Waals surface area contributed by atoms with Crippen molar-refractivity contribution in [2.75, 3.05) is 5.75 Å². The molecule has 3 aromatic rings. The number of hydrogen-bond donors (Lipinski definition) is 1. The molecule has 0 bridgehead atoms. The number of rotatable bonds is 7. The predicted octanol–water partition coefficient (Wildman–Crippen LogP) is 4.08. The van der Waals surface area contributed by atoms with Gasteiger partial charge >= 0.3 is 0 Å². The molecule has 1 aromatic carbocycles. The minimum Gasteiger partial charge on any atom is -0.370 e. The highest BCUT2D eigenvalue weighted by molar-refractivity contribution is 7.99. The van der Waals surface area contributed by atoms with Crippen LogP contribution in [0.15, 0.2) is 40.3 Å². The van der Waals surface area contributed by atoms with Gasteiger partial charge in [0.2, 0.25) is 5.91 Å². The smallest absolute Gasteiger partial charge is 0.262 e.